The zero-order chi connectivity index (χ0) is 11.7. The van der Waals surface area contributed by atoms with Gasteiger partial charge in [-0.2, -0.15) is 0 Å². The second-order valence-electron chi connectivity index (χ2n) is 3.28. The van der Waals surface area contributed by atoms with Gasteiger partial charge in [0.05, 0.1) is 11.1 Å². The molecule has 2 N–H and O–H groups in total. The fourth-order valence-electron chi connectivity index (χ4n) is 1.42. The molecule has 0 spiro atoms. The van der Waals surface area contributed by atoms with Crippen LogP contribution in [-0.4, -0.2) is 0 Å². The Morgan fingerprint density at radius 1 is 1.38 bits per heavy atom. The molecule has 5 heteroatoms. The Morgan fingerprint density at radius 2 is 2.12 bits per heavy atom. The lowest BCUT2D eigenvalue weighted by atomic mass is 10.1. The van der Waals surface area contributed by atoms with Crippen LogP contribution < -0.4 is 5.73 Å². The Balaban J connectivity index is 2.45. The van der Waals surface area contributed by atoms with Gasteiger partial charge in [0.15, 0.2) is 0 Å². The van der Waals surface area contributed by atoms with Crippen LogP contribution >= 0.6 is 61.5 Å². The average Bonchev–Trinajstić information content (AvgIpc) is 2.67. The number of nitrogens with two attached hydrogens (primary N) is 1. The molecule has 0 aliphatic heterocycles. The molecule has 1 unspecified atom stereocenters. The fraction of sp³-hybridized carbons (Fsp3) is 0.0909. The zero-order valence-electron chi connectivity index (χ0n) is 8.08. The van der Waals surface area contributed by atoms with E-state index in [2.05, 4.69) is 38.5 Å². The van der Waals surface area contributed by atoms with E-state index in [4.69, 9.17) is 17.3 Å². The first-order chi connectivity index (χ1) is 7.59. The predicted octanol–water partition coefficient (Wildman–Crippen LogP) is 4.82. The molecular formula is C11H8BrClINS. The Kier molecular flexibility index (Phi) is 4.29. The Hall–Kier alpha value is 0.380. The molecule has 0 fully saturated rings. The van der Waals surface area contributed by atoms with Crippen LogP contribution in [-0.2, 0) is 0 Å². The monoisotopic (exact) mass is 427 g/mol. The van der Waals surface area contributed by atoms with Crippen LogP contribution in [0.25, 0.3) is 0 Å². The number of hydrogen-bond acceptors (Lipinski definition) is 2. The third-order valence-electron chi connectivity index (χ3n) is 2.22. The number of thiophene rings is 1. The summed E-state index contributed by atoms with van der Waals surface area (Å²) in [5.41, 5.74) is 7.33. The molecule has 1 aromatic carbocycles. The molecule has 1 heterocycles. The van der Waals surface area contributed by atoms with Crippen LogP contribution in [0, 0.1) is 3.57 Å². The van der Waals surface area contributed by atoms with E-state index in [0.717, 1.165) is 23.5 Å². The van der Waals surface area contributed by atoms with Gasteiger partial charge in [-0.1, -0.05) is 27.5 Å². The summed E-state index contributed by atoms with van der Waals surface area (Å²) in [4.78, 5) is 1.01. The van der Waals surface area contributed by atoms with Gasteiger partial charge in [0.25, 0.3) is 0 Å². The first-order valence-corrected chi connectivity index (χ1v) is 7.66. The molecule has 0 amide bonds. The summed E-state index contributed by atoms with van der Waals surface area (Å²) < 4.78 is 2.18. The lowest BCUT2D eigenvalue weighted by molar-refractivity contribution is 0.886. The topological polar surface area (TPSA) is 26.0 Å². The van der Waals surface area contributed by atoms with E-state index in [9.17, 15) is 0 Å². The van der Waals surface area contributed by atoms with Crippen LogP contribution in [0.1, 0.15) is 16.5 Å². The molecule has 1 aromatic heterocycles. The van der Waals surface area contributed by atoms with E-state index in [0.29, 0.717) is 0 Å². The van der Waals surface area contributed by atoms with Gasteiger partial charge >= 0.3 is 0 Å². The van der Waals surface area contributed by atoms with Crippen molar-refractivity contribution in [3.63, 3.8) is 0 Å². The molecule has 0 saturated carbocycles. The Labute approximate surface area is 125 Å². The van der Waals surface area contributed by atoms with Gasteiger partial charge in [-0.3, -0.25) is 0 Å². The van der Waals surface area contributed by atoms with E-state index in [1.54, 1.807) is 11.3 Å². The van der Waals surface area contributed by atoms with Crippen LogP contribution in [0.15, 0.2) is 34.1 Å². The third kappa shape index (κ3) is 2.61. The van der Waals surface area contributed by atoms with Gasteiger partial charge in [0, 0.05) is 12.9 Å². The second kappa shape index (κ2) is 5.35. The van der Waals surface area contributed by atoms with Crippen LogP contribution in [0.2, 0.25) is 5.02 Å². The summed E-state index contributed by atoms with van der Waals surface area (Å²) >= 11 is 13.4. The van der Waals surface area contributed by atoms with Crippen molar-refractivity contribution in [2.75, 3.05) is 0 Å². The molecule has 0 aliphatic rings. The van der Waals surface area contributed by atoms with E-state index in [1.807, 2.05) is 29.6 Å². The quantitative estimate of drug-likeness (QED) is 0.682. The Morgan fingerprint density at radius 3 is 2.75 bits per heavy atom. The highest BCUT2D eigenvalue weighted by Crippen LogP contribution is 2.34. The molecule has 16 heavy (non-hydrogen) atoms. The van der Waals surface area contributed by atoms with Crippen molar-refractivity contribution in [2.24, 2.45) is 5.73 Å². The third-order valence-corrected chi connectivity index (χ3v) is 5.14. The van der Waals surface area contributed by atoms with Crippen molar-refractivity contribution in [3.05, 3.63) is 53.2 Å². The second-order valence-corrected chi connectivity index (χ2v) is 6.71. The van der Waals surface area contributed by atoms with Gasteiger partial charge in [0.1, 0.15) is 0 Å². The van der Waals surface area contributed by atoms with Crippen LogP contribution in [0.3, 0.4) is 0 Å². The minimum absolute atomic E-state index is 0.156. The predicted molar refractivity (Wildman–Crippen MR) is 82.2 cm³/mol. The maximum absolute atomic E-state index is 6.23. The first kappa shape index (κ1) is 12.8. The molecule has 0 saturated heterocycles. The van der Waals surface area contributed by atoms with E-state index in [-0.39, 0.29) is 6.04 Å². The van der Waals surface area contributed by atoms with Crippen molar-refractivity contribution in [2.45, 2.75) is 6.04 Å². The number of benzene rings is 1. The molecule has 0 bridgehead atoms. The summed E-state index contributed by atoms with van der Waals surface area (Å²) in [6, 6.07) is 7.82. The zero-order valence-corrected chi connectivity index (χ0v) is 13.4. The highest BCUT2D eigenvalue weighted by Gasteiger charge is 2.16. The van der Waals surface area contributed by atoms with E-state index >= 15 is 0 Å². The van der Waals surface area contributed by atoms with Crippen molar-refractivity contribution in [1.29, 1.82) is 0 Å². The molecule has 2 aromatic rings. The van der Waals surface area contributed by atoms with Crippen molar-refractivity contribution >= 4 is 61.5 Å². The molecular weight excluding hydrogens is 420 g/mol. The summed E-state index contributed by atoms with van der Waals surface area (Å²) in [6.45, 7) is 0. The van der Waals surface area contributed by atoms with Gasteiger partial charge in [-0.05, 0) is 57.8 Å². The minimum Gasteiger partial charge on any atom is -0.320 e. The molecule has 0 radical (unpaired) electrons. The first-order valence-electron chi connectivity index (χ1n) is 4.53. The molecule has 84 valence electrons. The SMILES string of the molecule is NC(c1cc(Br)ccc1I)c1sccc1Cl. The van der Waals surface area contributed by atoms with Gasteiger partial charge < -0.3 is 5.73 Å². The normalized spacial score (nSPS) is 12.8. The Bertz CT molecular complexity index is 514. The molecule has 1 atom stereocenters. The average molecular weight is 429 g/mol. The van der Waals surface area contributed by atoms with Gasteiger partial charge in [0.2, 0.25) is 0 Å². The van der Waals surface area contributed by atoms with Crippen LogP contribution in [0.5, 0.6) is 0 Å². The number of hydrogen-bond donors (Lipinski definition) is 1. The van der Waals surface area contributed by atoms with Gasteiger partial charge in [-0.15, -0.1) is 11.3 Å². The largest absolute Gasteiger partial charge is 0.320 e. The van der Waals surface area contributed by atoms with Crippen molar-refractivity contribution < 1.29 is 0 Å². The maximum atomic E-state index is 6.23. The molecule has 1 nitrogen and oxygen atoms in total. The lowest BCUT2D eigenvalue weighted by Gasteiger charge is -2.13. The summed E-state index contributed by atoms with van der Waals surface area (Å²) in [6.07, 6.45) is 0. The van der Waals surface area contributed by atoms with E-state index < -0.39 is 0 Å². The fourth-order valence-corrected chi connectivity index (χ4v) is 3.67. The maximum Gasteiger partial charge on any atom is 0.0671 e. The van der Waals surface area contributed by atoms with Gasteiger partial charge in [-0.25, -0.2) is 0 Å². The van der Waals surface area contributed by atoms with Crippen LogP contribution in [0.4, 0.5) is 0 Å². The number of halogens is 3. The van der Waals surface area contributed by atoms with Crippen molar-refractivity contribution in [1.82, 2.24) is 0 Å². The number of rotatable bonds is 2. The molecule has 2 rings (SSSR count). The minimum atomic E-state index is -0.156. The summed E-state index contributed by atoms with van der Waals surface area (Å²) in [5.74, 6) is 0. The summed E-state index contributed by atoms with van der Waals surface area (Å²) in [7, 11) is 0. The van der Waals surface area contributed by atoms with Crippen molar-refractivity contribution in [3.8, 4) is 0 Å². The highest BCUT2D eigenvalue weighted by molar-refractivity contribution is 14.1. The standard InChI is InChI=1S/C11H8BrClINS/c12-6-1-2-9(14)7(5-6)10(15)11-8(13)3-4-16-11/h1-5,10H,15H2. The highest BCUT2D eigenvalue weighted by atomic mass is 127. The smallest absolute Gasteiger partial charge is 0.0671 e. The molecule has 0 aliphatic carbocycles. The van der Waals surface area contributed by atoms with E-state index in [1.165, 1.54) is 0 Å². The lowest BCUT2D eigenvalue weighted by Crippen LogP contribution is -2.12. The summed E-state index contributed by atoms with van der Waals surface area (Å²) in [5, 5.41) is 2.70.